The van der Waals surface area contributed by atoms with Crippen LogP contribution in [0.25, 0.3) is 0 Å². The minimum Gasteiger partial charge on any atom is -0.508 e. The van der Waals surface area contributed by atoms with Gasteiger partial charge in [-0.3, -0.25) is 0 Å². The molecule has 112 valence electrons. The van der Waals surface area contributed by atoms with E-state index in [9.17, 15) is 9.50 Å². The average Bonchev–Trinajstić information content (AvgIpc) is 2.49. The van der Waals surface area contributed by atoms with Crippen molar-refractivity contribution in [2.75, 3.05) is 7.11 Å². The van der Waals surface area contributed by atoms with E-state index in [-0.39, 0.29) is 17.6 Å². The summed E-state index contributed by atoms with van der Waals surface area (Å²) in [6.07, 6.45) is 0. The maximum atomic E-state index is 13.3. The second-order valence-corrected chi connectivity index (χ2v) is 5.01. The molecule has 0 saturated heterocycles. The third kappa shape index (κ3) is 4.03. The molecule has 0 amide bonds. The van der Waals surface area contributed by atoms with Crippen LogP contribution >= 0.6 is 0 Å². The summed E-state index contributed by atoms with van der Waals surface area (Å²) in [5, 5.41) is 13.1. The lowest BCUT2D eigenvalue weighted by atomic mass is 10.0. The molecule has 1 unspecified atom stereocenters. The van der Waals surface area contributed by atoms with E-state index in [1.54, 1.807) is 7.11 Å². The molecule has 2 N–H and O–H groups in total. The summed E-state index contributed by atoms with van der Waals surface area (Å²) in [7, 11) is 1.66. The van der Waals surface area contributed by atoms with Gasteiger partial charge in [0.15, 0.2) is 0 Å². The number of benzene rings is 2. The number of ether oxygens (including phenoxy) is 1. The molecular formula is C17H20FNO2. The second-order valence-electron chi connectivity index (χ2n) is 5.01. The van der Waals surface area contributed by atoms with Crippen LogP contribution in [0.2, 0.25) is 0 Å². The van der Waals surface area contributed by atoms with E-state index in [4.69, 9.17) is 4.74 Å². The lowest BCUT2D eigenvalue weighted by Crippen LogP contribution is -2.19. The van der Waals surface area contributed by atoms with Crippen molar-refractivity contribution in [2.24, 2.45) is 0 Å². The van der Waals surface area contributed by atoms with Crippen molar-refractivity contribution in [2.45, 2.75) is 26.1 Å². The zero-order valence-corrected chi connectivity index (χ0v) is 12.3. The Bertz CT molecular complexity index is 601. The number of nitrogens with one attached hydrogen (secondary N) is 1. The monoisotopic (exact) mass is 289 g/mol. The Morgan fingerprint density at radius 2 is 1.90 bits per heavy atom. The minimum absolute atomic E-state index is 0.0987. The largest absolute Gasteiger partial charge is 0.508 e. The van der Waals surface area contributed by atoms with Gasteiger partial charge in [0.05, 0.1) is 6.61 Å². The van der Waals surface area contributed by atoms with Crippen molar-refractivity contribution in [3.63, 3.8) is 0 Å². The first-order valence-corrected chi connectivity index (χ1v) is 6.89. The fourth-order valence-electron chi connectivity index (χ4n) is 2.27. The predicted octanol–water partition coefficient (Wildman–Crippen LogP) is 3.53. The summed E-state index contributed by atoms with van der Waals surface area (Å²) in [5.74, 6) is -0.252. The van der Waals surface area contributed by atoms with E-state index >= 15 is 0 Å². The zero-order chi connectivity index (χ0) is 15.2. The molecule has 2 aromatic rings. The molecule has 1 atom stereocenters. The summed E-state index contributed by atoms with van der Waals surface area (Å²) < 4.78 is 18.5. The van der Waals surface area contributed by atoms with Crippen molar-refractivity contribution in [3.8, 4) is 5.75 Å². The Hall–Kier alpha value is -1.91. The fraction of sp³-hybridized carbons (Fsp3) is 0.294. The van der Waals surface area contributed by atoms with Gasteiger partial charge in [-0.1, -0.05) is 24.3 Å². The lowest BCUT2D eigenvalue weighted by Gasteiger charge is -2.17. The lowest BCUT2D eigenvalue weighted by molar-refractivity contribution is 0.184. The normalized spacial score (nSPS) is 12.3. The third-order valence-electron chi connectivity index (χ3n) is 3.47. The molecule has 2 rings (SSSR count). The first-order valence-electron chi connectivity index (χ1n) is 6.89. The van der Waals surface area contributed by atoms with Crippen molar-refractivity contribution < 1.29 is 14.2 Å². The van der Waals surface area contributed by atoms with Crippen molar-refractivity contribution >= 4 is 0 Å². The molecule has 0 spiro atoms. The number of methoxy groups -OCH3 is 1. The number of phenolic OH excluding ortho intramolecular Hbond substituents is 1. The number of aromatic hydroxyl groups is 1. The molecule has 0 aromatic heterocycles. The van der Waals surface area contributed by atoms with Gasteiger partial charge in [-0.05, 0) is 36.2 Å². The van der Waals surface area contributed by atoms with Crippen molar-refractivity contribution in [1.82, 2.24) is 5.32 Å². The van der Waals surface area contributed by atoms with Gasteiger partial charge in [-0.15, -0.1) is 0 Å². The first kappa shape index (κ1) is 15.5. The summed E-state index contributed by atoms with van der Waals surface area (Å²) in [4.78, 5) is 0. The highest BCUT2D eigenvalue weighted by Crippen LogP contribution is 2.25. The maximum absolute atomic E-state index is 13.3. The molecule has 0 fully saturated rings. The third-order valence-corrected chi connectivity index (χ3v) is 3.47. The van der Waals surface area contributed by atoms with Crippen LogP contribution in [0.5, 0.6) is 5.75 Å². The van der Waals surface area contributed by atoms with E-state index in [1.165, 1.54) is 18.2 Å². The Balaban J connectivity index is 2.07. The van der Waals surface area contributed by atoms with Gasteiger partial charge in [-0.2, -0.15) is 0 Å². The van der Waals surface area contributed by atoms with E-state index in [1.807, 2.05) is 31.2 Å². The maximum Gasteiger partial charge on any atom is 0.123 e. The Kier molecular flexibility index (Phi) is 5.31. The number of hydrogen-bond acceptors (Lipinski definition) is 3. The Labute approximate surface area is 124 Å². The van der Waals surface area contributed by atoms with E-state index < -0.39 is 0 Å². The van der Waals surface area contributed by atoms with Crippen LogP contribution in [0.15, 0.2) is 42.5 Å². The van der Waals surface area contributed by atoms with Crippen LogP contribution in [0.4, 0.5) is 4.39 Å². The van der Waals surface area contributed by atoms with E-state index in [0.717, 1.165) is 11.1 Å². The van der Waals surface area contributed by atoms with E-state index in [0.29, 0.717) is 18.7 Å². The van der Waals surface area contributed by atoms with Crippen molar-refractivity contribution in [3.05, 3.63) is 65.0 Å². The van der Waals surface area contributed by atoms with Crippen LogP contribution < -0.4 is 5.32 Å². The van der Waals surface area contributed by atoms with Crippen LogP contribution in [-0.2, 0) is 17.9 Å². The van der Waals surface area contributed by atoms with Gasteiger partial charge in [0.1, 0.15) is 11.6 Å². The van der Waals surface area contributed by atoms with Gasteiger partial charge in [0.2, 0.25) is 0 Å². The molecular weight excluding hydrogens is 269 g/mol. The van der Waals surface area contributed by atoms with Crippen molar-refractivity contribution in [1.29, 1.82) is 0 Å². The molecule has 0 heterocycles. The van der Waals surface area contributed by atoms with Gasteiger partial charge in [0.25, 0.3) is 0 Å². The summed E-state index contributed by atoms with van der Waals surface area (Å²) in [6.45, 7) is 3.07. The van der Waals surface area contributed by atoms with Gasteiger partial charge < -0.3 is 15.2 Å². The zero-order valence-electron chi connectivity index (χ0n) is 12.3. The Morgan fingerprint density at radius 3 is 2.62 bits per heavy atom. The summed E-state index contributed by atoms with van der Waals surface area (Å²) in [6, 6.07) is 11.8. The Morgan fingerprint density at radius 1 is 1.19 bits per heavy atom. The average molecular weight is 289 g/mol. The van der Waals surface area contributed by atoms with Gasteiger partial charge in [0, 0.05) is 25.3 Å². The molecule has 3 nitrogen and oxygen atoms in total. The number of rotatable bonds is 6. The summed E-state index contributed by atoms with van der Waals surface area (Å²) in [5.41, 5.74) is 2.80. The molecule has 0 radical (unpaired) electrons. The van der Waals surface area contributed by atoms with Gasteiger partial charge in [-0.25, -0.2) is 4.39 Å². The fourth-order valence-corrected chi connectivity index (χ4v) is 2.27. The molecule has 2 aromatic carbocycles. The summed E-state index contributed by atoms with van der Waals surface area (Å²) >= 11 is 0. The molecule has 21 heavy (non-hydrogen) atoms. The highest BCUT2D eigenvalue weighted by atomic mass is 19.1. The van der Waals surface area contributed by atoms with Crippen LogP contribution in [0, 0.1) is 5.82 Å². The molecule has 0 aliphatic heterocycles. The standard InChI is InChI=1S/C17H20FNO2/c1-12(16-9-15(18)7-8-17(16)20)19-10-13-5-3-4-6-14(13)11-21-2/h3-9,12,19-20H,10-11H2,1-2H3. The molecule has 0 saturated carbocycles. The van der Waals surface area contributed by atoms with Crippen LogP contribution in [0.3, 0.4) is 0 Å². The topological polar surface area (TPSA) is 41.5 Å². The highest BCUT2D eigenvalue weighted by Gasteiger charge is 2.12. The smallest absolute Gasteiger partial charge is 0.123 e. The highest BCUT2D eigenvalue weighted by molar-refractivity contribution is 5.35. The molecule has 0 bridgehead atoms. The van der Waals surface area contributed by atoms with E-state index in [2.05, 4.69) is 5.32 Å². The molecule has 4 heteroatoms. The number of hydrogen-bond donors (Lipinski definition) is 2. The first-order chi connectivity index (χ1) is 10.1. The quantitative estimate of drug-likeness (QED) is 0.855. The SMILES string of the molecule is COCc1ccccc1CNC(C)c1cc(F)ccc1O. The van der Waals surface area contributed by atoms with Crippen LogP contribution in [0.1, 0.15) is 29.7 Å². The van der Waals surface area contributed by atoms with Crippen LogP contribution in [-0.4, -0.2) is 12.2 Å². The molecule has 0 aliphatic rings. The number of halogens is 1. The van der Waals surface area contributed by atoms with Gasteiger partial charge >= 0.3 is 0 Å². The minimum atomic E-state index is -0.351. The predicted molar refractivity (Wildman–Crippen MR) is 80.5 cm³/mol. The molecule has 0 aliphatic carbocycles. The number of phenols is 1. The second kappa shape index (κ2) is 7.20.